The van der Waals surface area contributed by atoms with Crippen molar-refractivity contribution >= 4 is 17.3 Å². The highest BCUT2D eigenvalue weighted by Crippen LogP contribution is 2.36. The first-order valence-electron chi connectivity index (χ1n) is 9.93. The lowest BCUT2D eigenvalue weighted by atomic mass is 10.1. The monoisotopic (exact) mass is 453 g/mol. The number of carbonyl (C=O) groups excluding carboxylic acids is 1. The zero-order chi connectivity index (χ0) is 23.3. The summed E-state index contributed by atoms with van der Waals surface area (Å²) in [6.45, 7) is 3.08. The average molecular weight is 453 g/mol. The normalized spacial score (nSPS) is 14.2. The van der Waals surface area contributed by atoms with Crippen molar-refractivity contribution in [3.63, 3.8) is 0 Å². The summed E-state index contributed by atoms with van der Waals surface area (Å²) >= 11 is 0. The van der Waals surface area contributed by atoms with E-state index in [1.807, 2.05) is 6.92 Å². The SMILES string of the molecule is CCOc1ccccc1OCC(=O)N1CCN(c2ccc(C(F)(F)F)cc2[N+](=O)[O-])CC1. The molecule has 2 aromatic rings. The third-order valence-electron chi connectivity index (χ3n) is 4.97. The molecule has 11 heteroatoms. The Morgan fingerprint density at radius 3 is 2.25 bits per heavy atom. The van der Waals surface area contributed by atoms with Crippen molar-refractivity contribution in [3.05, 3.63) is 58.1 Å². The predicted molar refractivity (Wildman–Crippen MR) is 110 cm³/mol. The molecule has 32 heavy (non-hydrogen) atoms. The van der Waals surface area contributed by atoms with Gasteiger partial charge < -0.3 is 19.3 Å². The van der Waals surface area contributed by atoms with Crippen LogP contribution in [0, 0.1) is 10.1 Å². The number of hydrogen-bond donors (Lipinski definition) is 0. The first-order chi connectivity index (χ1) is 15.2. The number of piperazine rings is 1. The Balaban J connectivity index is 1.62. The highest BCUT2D eigenvalue weighted by atomic mass is 19.4. The molecule has 0 radical (unpaired) electrons. The van der Waals surface area contributed by atoms with Crippen molar-refractivity contribution in [1.29, 1.82) is 0 Å². The summed E-state index contributed by atoms with van der Waals surface area (Å²) in [6.07, 6.45) is -4.67. The lowest BCUT2D eigenvalue weighted by Crippen LogP contribution is -2.50. The number of alkyl halides is 3. The van der Waals surface area contributed by atoms with Crippen molar-refractivity contribution in [3.8, 4) is 11.5 Å². The zero-order valence-electron chi connectivity index (χ0n) is 17.3. The number of nitro groups is 1. The first kappa shape index (κ1) is 23.2. The van der Waals surface area contributed by atoms with Crippen molar-refractivity contribution in [1.82, 2.24) is 4.90 Å². The largest absolute Gasteiger partial charge is 0.490 e. The van der Waals surface area contributed by atoms with Gasteiger partial charge in [-0.15, -0.1) is 0 Å². The molecular weight excluding hydrogens is 431 g/mol. The van der Waals surface area contributed by atoms with Gasteiger partial charge in [-0.2, -0.15) is 13.2 Å². The first-order valence-corrected chi connectivity index (χ1v) is 9.93. The quantitative estimate of drug-likeness (QED) is 0.469. The van der Waals surface area contributed by atoms with Crippen LogP contribution < -0.4 is 14.4 Å². The minimum Gasteiger partial charge on any atom is -0.490 e. The minimum absolute atomic E-state index is 0.0944. The van der Waals surface area contributed by atoms with Crippen LogP contribution in [0.2, 0.25) is 0 Å². The number of halogens is 3. The van der Waals surface area contributed by atoms with Crippen molar-refractivity contribution in [2.45, 2.75) is 13.1 Å². The van der Waals surface area contributed by atoms with Gasteiger partial charge in [0.25, 0.3) is 11.6 Å². The van der Waals surface area contributed by atoms with E-state index in [9.17, 15) is 28.1 Å². The minimum atomic E-state index is -4.67. The summed E-state index contributed by atoms with van der Waals surface area (Å²) in [5.74, 6) is 0.710. The van der Waals surface area contributed by atoms with Crippen LogP contribution >= 0.6 is 0 Å². The molecule has 1 aliphatic rings. The van der Waals surface area contributed by atoms with Crippen LogP contribution in [-0.4, -0.2) is 55.1 Å². The van der Waals surface area contributed by atoms with Gasteiger partial charge in [-0.05, 0) is 31.2 Å². The molecular formula is C21H22F3N3O5. The van der Waals surface area contributed by atoms with Gasteiger partial charge in [-0.3, -0.25) is 14.9 Å². The van der Waals surface area contributed by atoms with Gasteiger partial charge in [0.05, 0.1) is 17.1 Å². The fourth-order valence-corrected chi connectivity index (χ4v) is 3.39. The standard InChI is InChI=1S/C21H22F3N3O5/c1-2-31-18-5-3-4-6-19(18)32-14-20(28)26-11-9-25(10-12-26)16-8-7-15(21(22,23)24)13-17(16)27(29)30/h3-8,13H,2,9-12,14H2,1H3. The van der Waals surface area contributed by atoms with Crippen LogP contribution in [0.5, 0.6) is 11.5 Å². The van der Waals surface area contributed by atoms with Crippen molar-refractivity contribution in [2.75, 3.05) is 44.3 Å². The van der Waals surface area contributed by atoms with Gasteiger partial charge in [0, 0.05) is 32.2 Å². The smallest absolute Gasteiger partial charge is 0.416 e. The highest BCUT2D eigenvalue weighted by molar-refractivity contribution is 5.78. The number of nitro benzene ring substituents is 1. The lowest BCUT2D eigenvalue weighted by Gasteiger charge is -2.35. The summed E-state index contributed by atoms with van der Waals surface area (Å²) in [5, 5.41) is 11.3. The van der Waals surface area contributed by atoms with Crippen LogP contribution in [0.25, 0.3) is 0 Å². The fraction of sp³-hybridized carbons (Fsp3) is 0.381. The van der Waals surface area contributed by atoms with Crippen molar-refractivity contribution < 1.29 is 32.4 Å². The second-order valence-electron chi connectivity index (χ2n) is 6.99. The van der Waals surface area contributed by atoms with Crippen LogP contribution in [-0.2, 0) is 11.0 Å². The summed E-state index contributed by atoms with van der Waals surface area (Å²) in [5.41, 5.74) is -1.60. The summed E-state index contributed by atoms with van der Waals surface area (Å²) < 4.78 is 49.8. The Labute approximate surface area is 182 Å². The molecule has 1 heterocycles. The van der Waals surface area contributed by atoms with Crippen LogP contribution in [0.4, 0.5) is 24.5 Å². The molecule has 1 amide bonds. The predicted octanol–water partition coefficient (Wildman–Crippen LogP) is 3.74. The van der Waals surface area contributed by atoms with Crippen LogP contribution in [0.15, 0.2) is 42.5 Å². The Hall–Kier alpha value is -3.50. The van der Waals surface area contributed by atoms with Gasteiger partial charge >= 0.3 is 6.18 Å². The third-order valence-corrected chi connectivity index (χ3v) is 4.97. The molecule has 2 aromatic carbocycles. The van der Waals surface area contributed by atoms with Crippen LogP contribution in [0.1, 0.15) is 12.5 Å². The second kappa shape index (κ2) is 9.75. The number of benzene rings is 2. The second-order valence-corrected chi connectivity index (χ2v) is 6.99. The molecule has 0 spiro atoms. The Morgan fingerprint density at radius 2 is 1.69 bits per heavy atom. The molecule has 3 rings (SSSR count). The summed E-state index contributed by atoms with van der Waals surface area (Å²) in [7, 11) is 0. The van der Waals surface area contributed by atoms with E-state index in [-0.39, 0.29) is 44.4 Å². The van der Waals surface area contributed by atoms with Crippen molar-refractivity contribution in [2.24, 2.45) is 0 Å². The maximum Gasteiger partial charge on any atom is 0.416 e. The van der Waals surface area contributed by atoms with E-state index < -0.39 is 22.4 Å². The van der Waals surface area contributed by atoms with E-state index in [1.165, 1.54) is 0 Å². The molecule has 8 nitrogen and oxygen atoms in total. The Kier molecular flexibility index (Phi) is 7.06. The molecule has 1 fully saturated rings. The number of carbonyl (C=O) groups is 1. The Bertz CT molecular complexity index is 975. The van der Waals surface area contributed by atoms with E-state index >= 15 is 0 Å². The average Bonchev–Trinajstić information content (AvgIpc) is 2.77. The van der Waals surface area contributed by atoms with Crippen LogP contribution in [0.3, 0.4) is 0 Å². The molecule has 0 N–H and O–H groups in total. The number of anilines is 1. The number of para-hydroxylation sites is 2. The van der Waals surface area contributed by atoms with Gasteiger partial charge in [0.2, 0.25) is 0 Å². The zero-order valence-corrected chi connectivity index (χ0v) is 17.3. The van der Waals surface area contributed by atoms with E-state index in [0.29, 0.717) is 24.2 Å². The molecule has 0 atom stereocenters. The number of nitrogens with zero attached hydrogens (tertiary/aromatic N) is 3. The maximum atomic E-state index is 12.9. The lowest BCUT2D eigenvalue weighted by molar-refractivity contribution is -0.384. The van der Waals surface area contributed by atoms with E-state index in [4.69, 9.17) is 9.47 Å². The van der Waals surface area contributed by atoms with E-state index in [2.05, 4.69) is 0 Å². The van der Waals surface area contributed by atoms with Gasteiger partial charge in [0.1, 0.15) is 5.69 Å². The molecule has 1 aliphatic heterocycles. The third kappa shape index (κ3) is 5.40. The maximum absolute atomic E-state index is 12.9. The number of rotatable bonds is 7. The Morgan fingerprint density at radius 1 is 1.06 bits per heavy atom. The molecule has 0 saturated carbocycles. The highest BCUT2D eigenvalue weighted by Gasteiger charge is 2.34. The summed E-state index contributed by atoms with van der Waals surface area (Å²) in [6, 6.07) is 9.45. The fourth-order valence-electron chi connectivity index (χ4n) is 3.39. The summed E-state index contributed by atoms with van der Waals surface area (Å²) in [4.78, 5) is 26.2. The van der Waals surface area contributed by atoms with Gasteiger partial charge in [-0.1, -0.05) is 12.1 Å². The van der Waals surface area contributed by atoms with Gasteiger partial charge in [-0.25, -0.2) is 0 Å². The molecule has 0 aliphatic carbocycles. The van der Waals surface area contributed by atoms with Gasteiger partial charge in [0.15, 0.2) is 18.1 Å². The van der Waals surface area contributed by atoms with E-state index in [1.54, 1.807) is 34.1 Å². The van der Waals surface area contributed by atoms with E-state index in [0.717, 1.165) is 12.1 Å². The number of amides is 1. The molecule has 0 bridgehead atoms. The number of hydrogen-bond acceptors (Lipinski definition) is 6. The number of ether oxygens (including phenoxy) is 2. The molecule has 0 unspecified atom stereocenters. The molecule has 172 valence electrons. The molecule has 0 aromatic heterocycles. The topological polar surface area (TPSA) is 85.2 Å². The molecule has 1 saturated heterocycles.